The van der Waals surface area contributed by atoms with Crippen LogP contribution in [-0.4, -0.2) is 42.8 Å². The van der Waals surface area contributed by atoms with E-state index in [4.69, 9.17) is 0 Å². The molecule has 2 aliphatic rings. The summed E-state index contributed by atoms with van der Waals surface area (Å²) in [5, 5.41) is 0. The lowest BCUT2D eigenvalue weighted by molar-refractivity contribution is -0.131. The van der Waals surface area contributed by atoms with Crippen LogP contribution < -0.4 is 4.90 Å². The Labute approximate surface area is 173 Å². The number of amides is 1. The van der Waals surface area contributed by atoms with Gasteiger partial charge in [-0.2, -0.15) is 0 Å². The van der Waals surface area contributed by atoms with Crippen molar-refractivity contribution in [2.24, 2.45) is 0 Å². The number of Topliss-reactive ketones (excluding diaryl/α,β-unsaturated/α-hetero) is 1. The molecule has 1 fully saturated rings. The van der Waals surface area contributed by atoms with Gasteiger partial charge < -0.3 is 9.80 Å². The first kappa shape index (κ1) is 19.7. The Morgan fingerprint density at radius 2 is 1.62 bits per heavy atom. The van der Waals surface area contributed by atoms with Crippen LogP contribution in [-0.2, 0) is 17.6 Å². The first-order chi connectivity index (χ1) is 14.1. The second-order valence-corrected chi connectivity index (χ2v) is 8.32. The van der Waals surface area contributed by atoms with E-state index < -0.39 is 0 Å². The molecule has 0 aromatic heterocycles. The first-order valence-corrected chi connectivity index (χ1v) is 10.8. The highest BCUT2D eigenvalue weighted by atomic mass is 16.2. The van der Waals surface area contributed by atoms with E-state index in [-0.39, 0.29) is 11.7 Å². The molecule has 1 amide bonds. The number of aryl methyl sites for hydroxylation is 3. The lowest BCUT2D eigenvalue weighted by atomic mass is 9.89. The monoisotopic (exact) mass is 390 g/mol. The van der Waals surface area contributed by atoms with E-state index in [9.17, 15) is 9.59 Å². The highest BCUT2D eigenvalue weighted by Crippen LogP contribution is 2.23. The zero-order valence-electron chi connectivity index (χ0n) is 17.3. The molecule has 0 spiro atoms. The van der Waals surface area contributed by atoms with Gasteiger partial charge in [-0.15, -0.1) is 0 Å². The summed E-state index contributed by atoms with van der Waals surface area (Å²) in [6.45, 7) is 5.23. The Bertz CT molecular complexity index is 897. The fourth-order valence-electron chi connectivity index (χ4n) is 4.47. The van der Waals surface area contributed by atoms with E-state index in [0.717, 1.165) is 44.6 Å². The van der Waals surface area contributed by atoms with Gasteiger partial charge in [-0.25, -0.2) is 0 Å². The SMILES string of the molecule is Cc1cccc(N2CCN(C(=O)CCC(=O)c3ccc4c(c3)CCCC4)CC2)c1. The number of ketones is 1. The minimum atomic E-state index is 0.0881. The molecule has 1 saturated heterocycles. The Hall–Kier alpha value is -2.62. The topological polar surface area (TPSA) is 40.6 Å². The van der Waals surface area contributed by atoms with Crippen LogP contribution in [0.15, 0.2) is 42.5 Å². The summed E-state index contributed by atoms with van der Waals surface area (Å²) in [4.78, 5) is 29.5. The minimum absolute atomic E-state index is 0.0881. The molecule has 0 radical (unpaired) electrons. The Balaban J connectivity index is 1.27. The number of benzene rings is 2. The molecular formula is C25H30N2O2. The Morgan fingerprint density at radius 1 is 0.862 bits per heavy atom. The van der Waals surface area contributed by atoms with E-state index in [1.165, 1.54) is 35.2 Å². The molecule has 4 rings (SSSR count). The largest absolute Gasteiger partial charge is 0.368 e. The molecule has 0 bridgehead atoms. The molecule has 1 heterocycles. The molecule has 0 atom stereocenters. The molecule has 1 aliphatic heterocycles. The van der Waals surface area contributed by atoms with Gasteiger partial charge in [-0.3, -0.25) is 9.59 Å². The number of anilines is 1. The second-order valence-electron chi connectivity index (χ2n) is 8.32. The molecule has 2 aromatic rings. The van der Waals surface area contributed by atoms with Gasteiger partial charge in [0, 0.05) is 50.3 Å². The lowest BCUT2D eigenvalue weighted by Crippen LogP contribution is -2.48. The van der Waals surface area contributed by atoms with E-state index in [1.807, 2.05) is 11.0 Å². The maximum absolute atomic E-state index is 12.6. The van der Waals surface area contributed by atoms with Crippen LogP contribution in [0.25, 0.3) is 0 Å². The van der Waals surface area contributed by atoms with E-state index in [1.54, 1.807) is 0 Å². The molecule has 0 unspecified atom stereocenters. The Morgan fingerprint density at radius 3 is 2.38 bits per heavy atom. The van der Waals surface area contributed by atoms with Crippen molar-refractivity contribution >= 4 is 17.4 Å². The van der Waals surface area contributed by atoms with Crippen LogP contribution in [0.1, 0.15) is 52.7 Å². The van der Waals surface area contributed by atoms with Crippen molar-refractivity contribution in [3.63, 3.8) is 0 Å². The summed E-state index contributed by atoms with van der Waals surface area (Å²) >= 11 is 0. The fourth-order valence-corrected chi connectivity index (χ4v) is 4.47. The van der Waals surface area contributed by atoms with Crippen molar-refractivity contribution in [3.8, 4) is 0 Å². The predicted molar refractivity (Wildman–Crippen MR) is 117 cm³/mol. The van der Waals surface area contributed by atoms with Crippen molar-refractivity contribution < 1.29 is 9.59 Å². The van der Waals surface area contributed by atoms with Crippen LogP contribution in [0, 0.1) is 6.92 Å². The maximum atomic E-state index is 12.6. The van der Waals surface area contributed by atoms with Gasteiger partial charge in [0.1, 0.15) is 0 Å². The molecule has 4 heteroatoms. The van der Waals surface area contributed by atoms with Crippen molar-refractivity contribution in [2.75, 3.05) is 31.1 Å². The standard InChI is InChI=1S/C25H30N2O2/c1-19-5-4-8-23(17-19)26-13-15-27(16-14-26)25(29)12-11-24(28)22-10-9-20-6-2-3-7-21(20)18-22/h4-5,8-10,17-18H,2-3,6-7,11-16H2,1H3. The van der Waals surface area contributed by atoms with Gasteiger partial charge >= 0.3 is 0 Å². The number of carbonyl (C=O) groups is 2. The third-order valence-electron chi connectivity index (χ3n) is 6.24. The smallest absolute Gasteiger partial charge is 0.223 e. The summed E-state index contributed by atoms with van der Waals surface area (Å²) in [6.07, 6.45) is 5.25. The van der Waals surface area contributed by atoms with E-state index in [2.05, 4.69) is 48.2 Å². The summed E-state index contributed by atoms with van der Waals surface area (Å²) in [5.41, 5.74) is 5.94. The number of hydrogen-bond donors (Lipinski definition) is 0. The van der Waals surface area contributed by atoms with Crippen molar-refractivity contribution in [1.82, 2.24) is 4.90 Å². The third-order valence-corrected chi connectivity index (χ3v) is 6.24. The van der Waals surface area contributed by atoms with Crippen molar-refractivity contribution in [1.29, 1.82) is 0 Å². The maximum Gasteiger partial charge on any atom is 0.223 e. The molecule has 152 valence electrons. The molecule has 29 heavy (non-hydrogen) atoms. The molecule has 2 aromatic carbocycles. The fraction of sp³-hybridized carbons (Fsp3) is 0.440. The summed E-state index contributed by atoms with van der Waals surface area (Å²) in [7, 11) is 0. The third kappa shape index (κ3) is 4.69. The number of nitrogens with zero attached hydrogens (tertiary/aromatic N) is 2. The predicted octanol–water partition coefficient (Wildman–Crippen LogP) is 4.19. The van der Waals surface area contributed by atoms with Crippen molar-refractivity contribution in [2.45, 2.75) is 45.4 Å². The van der Waals surface area contributed by atoms with Crippen LogP contribution in [0.3, 0.4) is 0 Å². The number of fused-ring (bicyclic) bond motifs is 1. The number of hydrogen-bond acceptors (Lipinski definition) is 3. The molecule has 1 aliphatic carbocycles. The van der Waals surface area contributed by atoms with Crippen LogP contribution in [0.5, 0.6) is 0 Å². The van der Waals surface area contributed by atoms with E-state index >= 15 is 0 Å². The van der Waals surface area contributed by atoms with Gasteiger partial charge in [0.25, 0.3) is 0 Å². The lowest BCUT2D eigenvalue weighted by Gasteiger charge is -2.36. The normalized spacial score (nSPS) is 16.4. The van der Waals surface area contributed by atoms with Gasteiger partial charge in [-0.1, -0.05) is 24.3 Å². The number of piperazine rings is 1. The molecule has 0 saturated carbocycles. The van der Waals surface area contributed by atoms with Gasteiger partial charge in [-0.05, 0) is 67.5 Å². The second kappa shape index (κ2) is 8.81. The molecular weight excluding hydrogens is 360 g/mol. The highest BCUT2D eigenvalue weighted by Gasteiger charge is 2.22. The molecule has 0 N–H and O–H groups in total. The van der Waals surface area contributed by atoms with Gasteiger partial charge in [0.2, 0.25) is 5.91 Å². The molecule has 4 nitrogen and oxygen atoms in total. The average molecular weight is 391 g/mol. The quantitative estimate of drug-likeness (QED) is 0.719. The van der Waals surface area contributed by atoms with Crippen LogP contribution >= 0.6 is 0 Å². The Kier molecular flexibility index (Phi) is 5.98. The zero-order chi connectivity index (χ0) is 20.2. The van der Waals surface area contributed by atoms with Gasteiger partial charge in [0.15, 0.2) is 5.78 Å². The average Bonchev–Trinajstić information content (AvgIpc) is 2.77. The summed E-state index contributed by atoms with van der Waals surface area (Å²) < 4.78 is 0. The van der Waals surface area contributed by atoms with E-state index in [0.29, 0.717) is 12.8 Å². The first-order valence-electron chi connectivity index (χ1n) is 10.8. The van der Waals surface area contributed by atoms with Crippen LogP contribution in [0.4, 0.5) is 5.69 Å². The zero-order valence-corrected chi connectivity index (χ0v) is 17.3. The summed E-state index contributed by atoms with van der Waals surface area (Å²) in [5.74, 6) is 0.185. The number of carbonyl (C=O) groups excluding carboxylic acids is 2. The van der Waals surface area contributed by atoms with Crippen molar-refractivity contribution in [3.05, 3.63) is 64.7 Å². The van der Waals surface area contributed by atoms with Gasteiger partial charge in [0.05, 0.1) is 0 Å². The minimum Gasteiger partial charge on any atom is -0.368 e. The van der Waals surface area contributed by atoms with Crippen LogP contribution in [0.2, 0.25) is 0 Å². The summed E-state index contributed by atoms with van der Waals surface area (Å²) in [6, 6.07) is 14.6. The highest BCUT2D eigenvalue weighted by molar-refractivity contribution is 5.98. The number of rotatable bonds is 5.